The molecule has 2 saturated heterocycles. The third-order valence-electron chi connectivity index (χ3n) is 4.38. The van der Waals surface area contributed by atoms with Crippen molar-refractivity contribution in [1.82, 2.24) is 14.8 Å². The number of likely N-dealkylation sites (N-methyl/N-ethyl adjacent to an activating group) is 1. The van der Waals surface area contributed by atoms with Crippen LogP contribution in [0.25, 0.3) is 0 Å². The molecule has 0 saturated carbocycles. The fraction of sp³-hybridized carbons (Fsp3) is 0.750. The Hall–Kier alpha value is -1.02. The maximum Gasteiger partial charge on any atom is 0.273 e. The highest BCUT2D eigenvalue weighted by Crippen LogP contribution is 2.33. The molecule has 0 aliphatic carbocycles. The van der Waals surface area contributed by atoms with Crippen LogP contribution in [0.5, 0.6) is 0 Å². The smallest absolute Gasteiger partial charge is 0.273 e. The number of amides is 1. The lowest BCUT2D eigenvalue weighted by Crippen LogP contribution is -2.47. The number of thiazole rings is 1. The van der Waals surface area contributed by atoms with Gasteiger partial charge in [-0.1, -0.05) is 0 Å². The standard InChI is InChI=1S/C16H25N3O3S/c1-12-17-14(9-23-12)15(20)19-6-7-21-11-16(10-19)5-4-13(22-16)8-18(2)3/h9,13H,4-8,10-11H2,1-3H3/t13-,16-/m0/s1. The summed E-state index contributed by atoms with van der Waals surface area (Å²) in [6, 6.07) is 0. The van der Waals surface area contributed by atoms with Crippen molar-refractivity contribution < 1.29 is 14.3 Å². The van der Waals surface area contributed by atoms with Crippen LogP contribution in [0.2, 0.25) is 0 Å². The summed E-state index contributed by atoms with van der Waals surface area (Å²) in [4.78, 5) is 21.0. The molecule has 2 fully saturated rings. The Kier molecular flexibility index (Phi) is 5.01. The minimum Gasteiger partial charge on any atom is -0.377 e. The van der Waals surface area contributed by atoms with Crippen LogP contribution in [0.15, 0.2) is 5.38 Å². The van der Waals surface area contributed by atoms with Crippen LogP contribution in [0.1, 0.15) is 28.3 Å². The maximum absolute atomic E-state index is 12.7. The number of carbonyl (C=O) groups excluding carboxylic acids is 1. The van der Waals surface area contributed by atoms with Crippen LogP contribution in [0.4, 0.5) is 0 Å². The first-order valence-electron chi connectivity index (χ1n) is 8.09. The summed E-state index contributed by atoms with van der Waals surface area (Å²) in [5.74, 6) is -0.0149. The Balaban J connectivity index is 1.70. The first kappa shape index (κ1) is 16.8. The van der Waals surface area contributed by atoms with Gasteiger partial charge in [-0.15, -0.1) is 11.3 Å². The largest absolute Gasteiger partial charge is 0.377 e. The molecule has 0 aromatic carbocycles. The number of hydrogen-bond acceptors (Lipinski definition) is 6. The summed E-state index contributed by atoms with van der Waals surface area (Å²) in [5.41, 5.74) is 0.171. The van der Waals surface area contributed by atoms with E-state index < -0.39 is 0 Å². The van der Waals surface area contributed by atoms with Crippen molar-refractivity contribution in [3.05, 3.63) is 16.1 Å². The second-order valence-electron chi connectivity index (χ2n) is 6.75. The minimum atomic E-state index is -0.363. The molecule has 1 amide bonds. The molecule has 1 aromatic rings. The molecule has 2 aliphatic rings. The van der Waals surface area contributed by atoms with Crippen molar-refractivity contribution in [3.63, 3.8) is 0 Å². The first-order chi connectivity index (χ1) is 11.0. The van der Waals surface area contributed by atoms with Gasteiger partial charge in [0.2, 0.25) is 0 Å². The number of ether oxygens (including phenoxy) is 2. The molecule has 128 valence electrons. The van der Waals surface area contributed by atoms with Gasteiger partial charge in [-0.3, -0.25) is 4.79 Å². The van der Waals surface area contributed by atoms with Crippen LogP contribution in [-0.2, 0) is 9.47 Å². The Bertz CT molecular complexity index is 563. The number of aryl methyl sites for hydroxylation is 1. The maximum atomic E-state index is 12.7. The van der Waals surface area contributed by atoms with E-state index >= 15 is 0 Å². The van der Waals surface area contributed by atoms with E-state index in [1.807, 2.05) is 17.2 Å². The average Bonchev–Trinajstić information content (AvgIpc) is 3.01. The van der Waals surface area contributed by atoms with Gasteiger partial charge in [-0.05, 0) is 33.9 Å². The monoisotopic (exact) mass is 339 g/mol. The fourth-order valence-corrected chi connectivity index (χ4v) is 3.94. The fourth-order valence-electron chi connectivity index (χ4n) is 3.36. The van der Waals surface area contributed by atoms with Crippen LogP contribution in [0, 0.1) is 6.92 Å². The molecule has 0 unspecified atom stereocenters. The normalized spacial score (nSPS) is 28.5. The molecule has 3 rings (SSSR count). The van der Waals surface area contributed by atoms with E-state index in [2.05, 4.69) is 24.0 Å². The average molecular weight is 339 g/mol. The van der Waals surface area contributed by atoms with Crippen molar-refractivity contribution in [2.75, 3.05) is 46.9 Å². The lowest BCUT2D eigenvalue weighted by Gasteiger charge is -2.32. The second-order valence-corrected chi connectivity index (χ2v) is 7.82. The van der Waals surface area contributed by atoms with E-state index in [1.54, 1.807) is 0 Å². The van der Waals surface area contributed by atoms with E-state index in [9.17, 15) is 4.79 Å². The topological polar surface area (TPSA) is 54.9 Å². The molecule has 7 heteroatoms. The van der Waals surface area contributed by atoms with Gasteiger partial charge in [0.15, 0.2) is 0 Å². The highest BCUT2D eigenvalue weighted by atomic mass is 32.1. The van der Waals surface area contributed by atoms with Crippen LogP contribution in [0.3, 0.4) is 0 Å². The number of hydrogen-bond donors (Lipinski definition) is 0. The third kappa shape index (κ3) is 3.91. The van der Waals surface area contributed by atoms with Gasteiger partial charge in [-0.25, -0.2) is 4.98 Å². The van der Waals surface area contributed by atoms with Gasteiger partial charge in [0.1, 0.15) is 11.3 Å². The third-order valence-corrected chi connectivity index (χ3v) is 5.16. The molecular weight excluding hydrogens is 314 g/mol. The van der Waals surface area contributed by atoms with Gasteiger partial charge >= 0.3 is 0 Å². The lowest BCUT2D eigenvalue weighted by molar-refractivity contribution is -0.0878. The van der Waals surface area contributed by atoms with E-state index in [1.165, 1.54) is 11.3 Å². The molecule has 3 heterocycles. The molecule has 1 aromatic heterocycles. The van der Waals surface area contributed by atoms with Crippen molar-refractivity contribution in [1.29, 1.82) is 0 Å². The van der Waals surface area contributed by atoms with E-state index in [-0.39, 0.29) is 17.6 Å². The zero-order chi connectivity index (χ0) is 16.4. The van der Waals surface area contributed by atoms with Crippen molar-refractivity contribution in [3.8, 4) is 0 Å². The second kappa shape index (κ2) is 6.84. The number of carbonyl (C=O) groups is 1. The Morgan fingerprint density at radius 1 is 1.57 bits per heavy atom. The molecule has 0 N–H and O–H groups in total. The zero-order valence-corrected chi connectivity index (χ0v) is 14.9. The Labute approximate surface area is 141 Å². The summed E-state index contributed by atoms with van der Waals surface area (Å²) >= 11 is 1.51. The van der Waals surface area contributed by atoms with Gasteiger partial charge in [0.05, 0.1) is 30.9 Å². The Morgan fingerprint density at radius 3 is 3.09 bits per heavy atom. The predicted molar refractivity (Wildman–Crippen MR) is 89.0 cm³/mol. The lowest BCUT2D eigenvalue weighted by atomic mass is 10.00. The number of rotatable bonds is 3. The van der Waals surface area contributed by atoms with E-state index in [0.29, 0.717) is 32.0 Å². The van der Waals surface area contributed by atoms with Crippen LogP contribution < -0.4 is 0 Å². The van der Waals surface area contributed by atoms with Gasteiger partial charge in [-0.2, -0.15) is 0 Å². The van der Waals surface area contributed by atoms with Crippen molar-refractivity contribution >= 4 is 17.2 Å². The van der Waals surface area contributed by atoms with Crippen molar-refractivity contribution in [2.24, 2.45) is 0 Å². The summed E-state index contributed by atoms with van der Waals surface area (Å²) in [7, 11) is 4.11. The van der Waals surface area contributed by atoms with E-state index in [0.717, 1.165) is 24.4 Å². The van der Waals surface area contributed by atoms with Crippen LogP contribution in [-0.4, -0.2) is 79.3 Å². The van der Waals surface area contributed by atoms with Crippen LogP contribution >= 0.6 is 11.3 Å². The summed E-state index contributed by atoms with van der Waals surface area (Å²) < 4.78 is 12.1. The first-order valence-corrected chi connectivity index (χ1v) is 8.97. The molecular formula is C16H25N3O3S. The molecule has 6 nitrogen and oxygen atoms in total. The highest BCUT2D eigenvalue weighted by Gasteiger charge is 2.44. The number of nitrogens with zero attached hydrogens (tertiary/aromatic N) is 3. The van der Waals surface area contributed by atoms with E-state index in [4.69, 9.17) is 9.47 Å². The predicted octanol–water partition coefficient (Wildman–Crippen LogP) is 1.40. The quantitative estimate of drug-likeness (QED) is 0.833. The molecule has 2 aliphatic heterocycles. The van der Waals surface area contributed by atoms with Gasteiger partial charge in [0, 0.05) is 18.5 Å². The summed E-state index contributed by atoms with van der Waals surface area (Å²) in [6.07, 6.45) is 2.16. The molecule has 1 spiro atoms. The molecule has 23 heavy (non-hydrogen) atoms. The summed E-state index contributed by atoms with van der Waals surface area (Å²) in [6.45, 7) is 5.13. The zero-order valence-electron chi connectivity index (χ0n) is 14.1. The summed E-state index contributed by atoms with van der Waals surface area (Å²) in [5, 5.41) is 2.75. The number of aromatic nitrogens is 1. The molecule has 0 bridgehead atoms. The van der Waals surface area contributed by atoms with Gasteiger partial charge in [0.25, 0.3) is 5.91 Å². The SMILES string of the molecule is Cc1nc(C(=O)N2CCOC[C@]3(CC[C@@H](CN(C)C)O3)C2)cs1. The molecule has 0 radical (unpaired) electrons. The minimum absolute atomic E-state index is 0.0149. The Morgan fingerprint density at radius 2 is 2.39 bits per heavy atom. The van der Waals surface area contributed by atoms with Gasteiger partial charge < -0.3 is 19.3 Å². The van der Waals surface area contributed by atoms with Crippen molar-refractivity contribution in [2.45, 2.75) is 31.5 Å². The molecule has 2 atom stereocenters. The highest BCUT2D eigenvalue weighted by molar-refractivity contribution is 7.09.